The number of aliphatic hydroxyl groups is 4. The normalized spacial score (nSPS) is 45.7. The third-order valence-electron chi connectivity index (χ3n) is 3.11. The van der Waals surface area contributed by atoms with E-state index < -0.39 is 42.7 Å². The van der Waals surface area contributed by atoms with Crippen LogP contribution in [-0.4, -0.2) is 76.3 Å². The zero-order chi connectivity index (χ0) is 13.3. The molecule has 0 spiro atoms. The third kappa shape index (κ3) is 2.63. The van der Waals surface area contributed by atoms with Gasteiger partial charge >= 0.3 is 0 Å². The summed E-state index contributed by atoms with van der Waals surface area (Å²) in [5.41, 5.74) is 0. The van der Waals surface area contributed by atoms with E-state index in [-0.39, 0.29) is 6.61 Å². The number of ether oxygens (including phenoxy) is 2. The van der Waals surface area contributed by atoms with Gasteiger partial charge in [0.1, 0.15) is 18.3 Å². The fourth-order valence-electron chi connectivity index (χ4n) is 1.98. The average molecular weight is 263 g/mol. The molecule has 0 aromatic heterocycles. The van der Waals surface area contributed by atoms with Gasteiger partial charge in [0.05, 0.1) is 12.7 Å². The van der Waals surface area contributed by atoms with Crippen LogP contribution in [0.1, 0.15) is 6.42 Å². The second-order valence-electron chi connectivity index (χ2n) is 4.45. The van der Waals surface area contributed by atoms with Gasteiger partial charge in [-0.25, -0.2) is 0 Å². The number of piperidine rings is 1. The van der Waals surface area contributed by atoms with E-state index in [0.29, 0.717) is 13.0 Å². The zero-order valence-electron chi connectivity index (χ0n) is 9.60. The van der Waals surface area contributed by atoms with Crippen molar-refractivity contribution in [3.63, 3.8) is 0 Å². The third-order valence-corrected chi connectivity index (χ3v) is 3.11. The van der Waals surface area contributed by atoms with Gasteiger partial charge in [0.2, 0.25) is 0 Å². The Kier molecular flexibility index (Phi) is 4.15. The molecule has 2 heterocycles. The predicted octanol–water partition coefficient (Wildman–Crippen LogP) is -3.31. The lowest BCUT2D eigenvalue weighted by molar-refractivity contribution is -0.290. The van der Waals surface area contributed by atoms with Gasteiger partial charge in [-0.05, 0) is 6.42 Å². The SMILES string of the molecule is O=C1NCC[C@@H](O[C@@H]2OC[C@@H](O)[C@H](O)[C@H]2O)[C@@H]1O. The van der Waals surface area contributed by atoms with Gasteiger partial charge in [-0.1, -0.05) is 0 Å². The van der Waals surface area contributed by atoms with Crippen LogP contribution in [0.5, 0.6) is 0 Å². The molecule has 0 aromatic rings. The van der Waals surface area contributed by atoms with Gasteiger partial charge in [-0.3, -0.25) is 4.79 Å². The average Bonchev–Trinajstić information content (AvgIpc) is 2.35. The lowest BCUT2D eigenvalue weighted by Crippen LogP contribution is -2.57. The predicted molar refractivity (Wildman–Crippen MR) is 56.3 cm³/mol. The topological polar surface area (TPSA) is 128 Å². The van der Waals surface area contributed by atoms with Crippen LogP contribution in [-0.2, 0) is 14.3 Å². The lowest BCUT2D eigenvalue weighted by atomic mass is 10.0. The Hall–Kier alpha value is -0.770. The summed E-state index contributed by atoms with van der Waals surface area (Å²) in [7, 11) is 0. The highest BCUT2D eigenvalue weighted by atomic mass is 16.7. The Morgan fingerprint density at radius 1 is 1.22 bits per heavy atom. The maximum atomic E-state index is 11.2. The Bertz CT molecular complexity index is 313. The van der Waals surface area contributed by atoms with Crippen molar-refractivity contribution in [3.05, 3.63) is 0 Å². The van der Waals surface area contributed by atoms with Crippen molar-refractivity contribution in [1.82, 2.24) is 5.32 Å². The van der Waals surface area contributed by atoms with E-state index in [2.05, 4.69) is 5.32 Å². The Labute approximate surface area is 103 Å². The van der Waals surface area contributed by atoms with Gasteiger partial charge in [0.15, 0.2) is 12.4 Å². The molecule has 18 heavy (non-hydrogen) atoms. The van der Waals surface area contributed by atoms with Crippen LogP contribution in [0, 0.1) is 0 Å². The molecule has 0 radical (unpaired) electrons. The summed E-state index contributed by atoms with van der Waals surface area (Å²) in [6, 6.07) is 0. The minimum absolute atomic E-state index is 0.183. The van der Waals surface area contributed by atoms with Gasteiger partial charge < -0.3 is 35.2 Å². The van der Waals surface area contributed by atoms with E-state index in [1.54, 1.807) is 0 Å². The quantitative estimate of drug-likeness (QED) is 0.353. The van der Waals surface area contributed by atoms with Crippen molar-refractivity contribution in [3.8, 4) is 0 Å². The summed E-state index contributed by atoms with van der Waals surface area (Å²) in [5, 5.41) is 40.4. The Morgan fingerprint density at radius 2 is 1.94 bits per heavy atom. The number of hydrogen-bond donors (Lipinski definition) is 5. The molecule has 0 aliphatic carbocycles. The maximum Gasteiger partial charge on any atom is 0.251 e. The highest BCUT2D eigenvalue weighted by Crippen LogP contribution is 2.21. The molecule has 2 fully saturated rings. The number of aliphatic hydroxyl groups excluding tert-OH is 4. The highest BCUT2D eigenvalue weighted by Gasteiger charge is 2.41. The molecule has 2 aliphatic heterocycles. The van der Waals surface area contributed by atoms with E-state index >= 15 is 0 Å². The van der Waals surface area contributed by atoms with E-state index in [0.717, 1.165) is 0 Å². The molecule has 1 amide bonds. The zero-order valence-corrected chi connectivity index (χ0v) is 9.60. The second-order valence-corrected chi connectivity index (χ2v) is 4.45. The molecular weight excluding hydrogens is 246 g/mol. The summed E-state index contributed by atoms with van der Waals surface area (Å²) >= 11 is 0. The van der Waals surface area contributed by atoms with E-state index in [4.69, 9.17) is 9.47 Å². The summed E-state index contributed by atoms with van der Waals surface area (Å²) in [5.74, 6) is -0.544. The van der Waals surface area contributed by atoms with E-state index in [1.165, 1.54) is 0 Å². The van der Waals surface area contributed by atoms with Gasteiger partial charge in [-0.15, -0.1) is 0 Å². The monoisotopic (exact) mass is 263 g/mol. The van der Waals surface area contributed by atoms with Gasteiger partial charge in [-0.2, -0.15) is 0 Å². The molecule has 0 unspecified atom stereocenters. The number of carbonyl (C=O) groups excluding carboxylic acids is 1. The van der Waals surface area contributed by atoms with Crippen LogP contribution in [0.15, 0.2) is 0 Å². The molecule has 2 saturated heterocycles. The summed E-state index contributed by atoms with van der Waals surface area (Å²) in [6.45, 7) is 0.173. The number of nitrogens with one attached hydrogen (secondary N) is 1. The van der Waals surface area contributed by atoms with Crippen molar-refractivity contribution in [2.75, 3.05) is 13.2 Å². The first-order chi connectivity index (χ1) is 8.50. The molecule has 8 nitrogen and oxygen atoms in total. The van der Waals surface area contributed by atoms with Crippen molar-refractivity contribution in [2.24, 2.45) is 0 Å². The summed E-state index contributed by atoms with van der Waals surface area (Å²) in [4.78, 5) is 11.2. The van der Waals surface area contributed by atoms with Crippen LogP contribution in [0.3, 0.4) is 0 Å². The minimum atomic E-state index is -1.43. The second kappa shape index (κ2) is 5.47. The molecule has 104 valence electrons. The molecule has 0 saturated carbocycles. The molecule has 8 heteroatoms. The molecule has 5 N–H and O–H groups in total. The molecule has 6 atom stereocenters. The Balaban J connectivity index is 1.94. The fourth-order valence-corrected chi connectivity index (χ4v) is 1.98. The van der Waals surface area contributed by atoms with Crippen LogP contribution in [0.25, 0.3) is 0 Å². The molecule has 0 bridgehead atoms. The van der Waals surface area contributed by atoms with Crippen LogP contribution in [0.2, 0.25) is 0 Å². The van der Waals surface area contributed by atoms with Crippen molar-refractivity contribution >= 4 is 5.91 Å². The Morgan fingerprint density at radius 3 is 2.67 bits per heavy atom. The first kappa shape index (κ1) is 13.7. The number of hydrogen-bond acceptors (Lipinski definition) is 7. The molecule has 0 aromatic carbocycles. The molecular formula is C10H17NO7. The first-order valence-corrected chi connectivity index (χ1v) is 5.77. The van der Waals surface area contributed by atoms with Gasteiger partial charge in [0, 0.05) is 6.54 Å². The maximum absolute atomic E-state index is 11.2. The first-order valence-electron chi connectivity index (χ1n) is 5.77. The minimum Gasteiger partial charge on any atom is -0.388 e. The van der Waals surface area contributed by atoms with E-state index in [9.17, 15) is 25.2 Å². The molecule has 2 aliphatic rings. The highest BCUT2D eigenvalue weighted by molar-refractivity contribution is 5.81. The fraction of sp³-hybridized carbons (Fsp3) is 0.900. The van der Waals surface area contributed by atoms with Crippen molar-refractivity contribution in [2.45, 2.75) is 43.2 Å². The molecule has 2 rings (SSSR count). The summed E-state index contributed by atoms with van der Waals surface area (Å²) < 4.78 is 10.3. The number of rotatable bonds is 2. The summed E-state index contributed by atoms with van der Waals surface area (Å²) in [6.07, 6.45) is -6.92. The van der Waals surface area contributed by atoms with E-state index in [1.807, 2.05) is 0 Å². The van der Waals surface area contributed by atoms with Crippen LogP contribution in [0.4, 0.5) is 0 Å². The van der Waals surface area contributed by atoms with Crippen LogP contribution < -0.4 is 5.32 Å². The number of amides is 1. The van der Waals surface area contributed by atoms with Gasteiger partial charge in [0.25, 0.3) is 5.91 Å². The number of carbonyl (C=O) groups is 1. The van der Waals surface area contributed by atoms with Crippen LogP contribution >= 0.6 is 0 Å². The largest absolute Gasteiger partial charge is 0.388 e. The standard InChI is InChI=1S/C10H17NO7/c12-4-3-17-10(8(15)6(4)13)18-5-1-2-11-9(16)7(5)14/h4-8,10,12-15H,1-3H2,(H,11,16)/t4-,5-,6+,7+,8-,10+/m1/s1. The van der Waals surface area contributed by atoms with Crippen molar-refractivity contribution < 1.29 is 34.7 Å². The smallest absolute Gasteiger partial charge is 0.251 e. The van der Waals surface area contributed by atoms with Crippen molar-refractivity contribution in [1.29, 1.82) is 0 Å². The lowest BCUT2D eigenvalue weighted by Gasteiger charge is -2.38.